The van der Waals surface area contributed by atoms with Gasteiger partial charge in [0.1, 0.15) is 5.75 Å². The molecule has 0 aliphatic heterocycles. The van der Waals surface area contributed by atoms with Gasteiger partial charge >= 0.3 is 5.97 Å². The molecule has 4 nitrogen and oxygen atoms in total. The first-order chi connectivity index (χ1) is 10.9. The standard InChI is InChI=1S/C19H26O4/c1-18-7-4-8-19(2,17(21)22)16(18)6-5-12-9-13(11-20)15(23-3)10-14(12)18/h9-10,16,20H,4-8,11H2,1-3H3,(H,21,22)/t16-,18-,19-/m1/s1. The number of fused-ring (bicyclic) bond motifs is 3. The van der Waals surface area contributed by atoms with Crippen LogP contribution in [-0.4, -0.2) is 23.3 Å². The molecule has 0 heterocycles. The predicted octanol–water partition coefficient (Wildman–Crippen LogP) is 3.28. The van der Waals surface area contributed by atoms with E-state index in [9.17, 15) is 15.0 Å². The highest BCUT2D eigenvalue weighted by molar-refractivity contribution is 5.75. The number of aliphatic hydroxyl groups excluding tert-OH is 1. The zero-order valence-electron chi connectivity index (χ0n) is 14.2. The second-order valence-electron chi connectivity index (χ2n) is 7.56. The third kappa shape index (κ3) is 2.26. The minimum absolute atomic E-state index is 0.0383. The molecule has 2 aliphatic carbocycles. The van der Waals surface area contributed by atoms with Crippen molar-refractivity contribution in [2.45, 2.75) is 58.0 Å². The van der Waals surface area contributed by atoms with Crippen LogP contribution in [-0.2, 0) is 23.2 Å². The van der Waals surface area contributed by atoms with Gasteiger partial charge in [0.15, 0.2) is 0 Å². The van der Waals surface area contributed by atoms with Crippen molar-refractivity contribution in [1.82, 2.24) is 0 Å². The van der Waals surface area contributed by atoms with E-state index in [4.69, 9.17) is 4.74 Å². The Balaban J connectivity index is 2.14. The SMILES string of the molecule is COc1cc2c(cc1CO)CC[C@H]1[C@](C)(C(=O)O)CCC[C@]21C. The topological polar surface area (TPSA) is 66.8 Å². The third-order valence-electron chi connectivity index (χ3n) is 6.41. The number of hydrogen-bond donors (Lipinski definition) is 2. The van der Waals surface area contributed by atoms with Gasteiger partial charge in [0.05, 0.1) is 19.1 Å². The van der Waals surface area contributed by atoms with Gasteiger partial charge in [-0.1, -0.05) is 13.3 Å². The highest BCUT2D eigenvalue weighted by Gasteiger charge is 2.55. The molecule has 126 valence electrons. The average Bonchev–Trinajstić information content (AvgIpc) is 2.53. The summed E-state index contributed by atoms with van der Waals surface area (Å²) in [7, 11) is 1.62. The minimum atomic E-state index is -0.671. The van der Waals surface area contributed by atoms with Crippen LogP contribution in [0.15, 0.2) is 12.1 Å². The van der Waals surface area contributed by atoms with E-state index in [0.29, 0.717) is 5.75 Å². The molecule has 0 aromatic heterocycles. The summed E-state index contributed by atoms with van der Waals surface area (Å²) in [5.41, 5.74) is 2.47. The van der Waals surface area contributed by atoms with Crippen molar-refractivity contribution in [1.29, 1.82) is 0 Å². The van der Waals surface area contributed by atoms with Crippen LogP contribution >= 0.6 is 0 Å². The smallest absolute Gasteiger partial charge is 0.309 e. The first-order valence-corrected chi connectivity index (χ1v) is 8.41. The monoisotopic (exact) mass is 318 g/mol. The molecule has 1 aromatic rings. The molecule has 0 bridgehead atoms. The molecule has 2 aliphatic rings. The van der Waals surface area contributed by atoms with Gasteiger partial charge in [0, 0.05) is 5.56 Å². The summed E-state index contributed by atoms with van der Waals surface area (Å²) < 4.78 is 5.45. The summed E-state index contributed by atoms with van der Waals surface area (Å²) in [5, 5.41) is 19.4. The fourth-order valence-electron chi connectivity index (χ4n) is 5.12. The number of ether oxygens (including phenoxy) is 1. The molecule has 2 N–H and O–H groups in total. The highest BCUT2D eigenvalue weighted by atomic mass is 16.5. The summed E-state index contributed by atoms with van der Waals surface area (Å²) in [6.07, 6.45) is 4.46. The van der Waals surface area contributed by atoms with Crippen LogP contribution in [0.3, 0.4) is 0 Å². The van der Waals surface area contributed by atoms with Crippen molar-refractivity contribution in [3.05, 3.63) is 28.8 Å². The Morgan fingerprint density at radius 2 is 2.09 bits per heavy atom. The van der Waals surface area contributed by atoms with Crippen LogP contribution in [0.25, 0.3) is 0 Å². The van der Waals surface area contributed by atoms with E-state index in [2.05, 4.69) is 6.92 Å². The average molecular weight is 318 g/mol. The number of carboxylic acids is 1. The molecule has 1 fully saturated rings. The first kappa shape index (κ1) is 16.3. The molecule has 0 spiro atoms. The lowest BCUT2D eigenvalue weighted by atomic mass is 9.50. The summed E-state index contributed by atoms with van der Waals surface area (Å²) in [4.78, 5) is 12.0. The van der Waals surface area contributed by atoms with E-state index in [1.165, 1.54) is 11.1 Å². The number of aliphatic hydroxyl groups is 1. The van der Waals surface area contributed by atoms with Gasteiger partial charge in [-0.3, -0.25) is 4.79 Å². The summed E-state index contributed by atoms with van der Waals surface area (Å²) >= 11 is 0. The van der Waals surface area contributed by atoms with Crippen molar-refractivity contribution in [2.75, 3.05) is 7.11 Å². The first-order valence-electron chi connectivity index (χ1n) is 8.41. The quantitative estimate of drug-likeness (QED) is 0.897. The van der Waals surface area contributed by atoms with E-state index in [-0.39, 0.29) is 17.9 Å². The molecular formula is C19H26O4. The number of aryl methyl sites for hydroxylation is 1. The molecule has 1 aromatic carbocycles. The molecule has 0 radical (unpaired) electrons. The zero-order valence-corrected chi connectivity index (χ0v) is 14.2. The lowest BCUT2D eigenvalue weighted by Gasteiger charge is -2.53. The van der Waals surface area contributed by atoms with Crippen molar-refractivity contribution in [2.24, 2.45) is 11.3 Å². The van der Waals surface area contributed by atoms with E-state index < -0.39 is 11.4 Å². The van der Waals surface area contributed by atoms with Gasteiger partial charge in [0.25, 0.3) is 0 Å². The number of hydrogen-bond acceptors (Lipinski definition) is 3. The van der Waals surface area contributed by atoms with Crippen LogP contribution in [0.2, 0.25) is 0 Å². The van der Waals surface area contributed by atoms with Gasteiger partial charge in [-0.2, -0.15) is 0 Å². The lowest BCUT2D eigenvalue weighted by molar-refractivity contribution is -0.157. The fourth-order valence-corrected chi connectivity index (χ4v) is 5.12. The number of carbonyl (C=O) groups is 1. The van der Waals surface area contributed by atoms with Crippen molar-refractivity contribution in [3.8, 4) is 5.75 Å². The second kappa shape index (κ2) is 5.52. The van der Waals surface area contributed by atoms with Crippen LogP contribution in [0, 0.1) is 11.3 Å². The molecule has 0 unspecified atom stereocenters. The van der Waals surface area contributed by atoms with Crippen molar-refractivity contribution < 1.29 is 19.7 Å². The molecule has 3 rings (SSSR count). The van der Waals surface area contributed by atoms with Gasteiger partial charge in [-0.15, -0.1) is 0 Å². The van der Waals surface area contributed by atoms with Crippen LogP contribution < -0.4 is 4.74 Å². The number of benzene rings is 1. The Hall–Kier alpha value is -1.55. The number of carboxylic acid groups (broad SMARTS) is 1. The van der Waals surface area contributed by atoms with Gasteiger partial charge in [-0.25, -0.2) is 0 Å². The Morgan fingerprint density at radius 3 is 2.70 bits per heavy atom. The molecule has 3 atom stereocenters. The number of aliphatic carboxylic acids is 1. The van der Waals surface area contributed by atoms with Crippen LogP contribution in [0.1, 0.15) is 56.2 Å². The third-order valence-corrected chi connectivity index (χ3v) is 6.41. The van der Waals surface area contributed by atoms with Crippen LogP contribution in [0.5, 0.6) is 5.75 Å². The van der Waals surface area contributed by atoms with E-state index in [0.717, 1.165) is 37.7 Å². The van der Waals surface area contributed by atoms with Gasteiger partial charge in [0.2, 0.25) is 0 Å². The molecule has 4 heteroatoms. The lowest BCUT2D eigenvalue weighted by Crippen LogP contribution is -2.52. The Labute approximate surface area is 137 Å². The maximum atomic E-state index is 12.0. The highest BCUT2D eigenvalue weighted by Crippen LogP contribution is 2.57. The Morgan fingerprint density at radius 1 is 1.35 bits per heavy atom. The van der Waals surface area contributed by atoms with E-state index >= 15 is 0 Å². The normalized spacial score (nSPS) is 32.8. The fraction of sp³-hybridized carbons (Fsp3) is 0.632. The van der Waals surface area contributed by atoms with Gasteiger partial charge in [-0.05, 0) is 67.2 Å². The zero-order chi connectivity index (χ0) is 16.8. The largest absolute Gasteiger partial charge is 0.496 e. The maximum absolute atomic E-state index is 12.0. The van der Waals surface area contributed by atoms with E-state index in [1.54, 1.807) is 7.11 Å². The molecular weight excluding hydrogens is 292 g/mol. The van der Waals surface area contributed by atoms with Crippen molar-refractivity contribution >= 4 is 5.97 Å². The summed E-state index contributed by atoms with van der Waals surface area (Å²) in [6.45, 7) is 4.10. The van der Waals surface area contributed by atoms with E-state index in [1.807, 2.05) is 19.1 Å². The molecule has 0 saturated heterocycles. The second-order valence-corrected chi connectivity index (χ2v) is 7.56. The molecule has 1 saturated carbocycles. The van der Waals surface area contributed by atoms with Crippen LogP contribution in [0.4, 0.5) is 0 Å². The van der Waals surface area contributed by atoms with Crippen molar-refractivity contribution in [3.63, 3.8) is 0 Å². The summed E-state index contributed by atoms with van der Waals surface area (Å²) in [6, 6.07) is 4.09. The maximum Gasteiger partial charge on any atom is 0.309 e. The number of methoxy groups -OCH3 is 1. The molecule has 0 amide bonds. The minimum Gasteiger partial charge on any atom is -0.496 e. The van der Waals surface area contributed by atoms with Gasteiger partial charge < -0.3 is 14.9 Å². The molecule has 23 heavy (non-hydrogen) atoms. The Bertz CT molecular complexity index is 639. The number of rotatable bonds is 3. The summed E-state index contributed by atoms with van der Waals surface area (Å²) in [5.74, 6) is 0.171. The predicted molar refractivity (Wildman–Crippen MR) is 87.7 cm³/mol. The Kier molecular flexibility index (Phi) is 3.91.